The smallest absolute Gasteiger partial charge is 0.117 e. The standard InChI is InChI=1S/C15H24NOSi/c1-5-14-8-6-9-15(12-14)18(13-17-4)11-7-10-16(2)3/h5-6,8-9,12H,1,7,10-11,13H2,2-4H3. The number of hydrogen-bond acceptors (Lipinski definition) is 2. The molecule has 18 heavy (non-hydrogen) atoms. The minimum atomic E-state index is -0.597. The van der Waals surface area contributed by atoms with Gasteiger partial charge >= 0.3 is 0 Å². The molecule has 0 saturated carbocycles. The van der Waals surface area contributed by atoms with Gasteiger partial charge in [-0.05, 0) is 32.6 Å². The van der Waals surface area contributed by atoms with Crippen LogP contribution in [0.2, 0.25) is 6.04 Å². The molecule has 0 atom stereocenters. The van der Waals surface area contributed by atoms with Crippen molar-refractivity contribution in [1.29, 1.82) is 0 Å². The van der Waals surface area contributed by atoms with Crippen LogP contribution in [0, 0.1) is 0 Å². The van der Waals surface area contributed by atoms with Crippen molar-refractivity contribution in [1.82, 2.24) is 4.90 Å². The van der Waals surface area contributed by atoms with Crippen LogP contribution in [-0.4, -0.2) is 47.7 Å². The number of methoxy groups -OCH3 is 1. The molecule has 3 heteroatoms. The van der Waals surface area contributed by atoms with Crippen molar-refractivity contribution in [2.24, 2.45) is 0 Å². The van der Waals surface area contributed by atoms with Crippen LogP contribution < -0.4 is 5.19 Å². The summed E-state index contributed by atoms with van der Waals surface area (Å²) in [6, 6.07) is 9.98. The van der Waals surface area contributed by atoms with Crippen LogP contribution in [0.15, 0.2) is 30.8 Å². The van der Waals surface area contributed by atoms with Crippen molar-refractivity contribution < 1.29 is 4.74 Å². The van der Waals surface area contributed by atoms with E-state index in [1.807, 2.05) is 6.08 Å². The lowest BCUT2D eigenvalue weighted by molar-refractivity contribution is 0.249. The predicted molar refractivity (Wildman–Crippen MR) is 81.8 cm³/mol. The molecule has 1 aromatic rings. The Bertz CT molecular complexity index is 365. The van der Waals surface area contributed by atoms with Gasteiger partial charge in [0.15, 0.2) is 0 Å². The average molecular weight is 262 g/mol. The lowest BCUT2D eigenvalue weighted by atomic mass is 10.2. The largest absolute Gasteiger partial charge is 0.388 e. The highest BCUT2D eigenvalue weighted by atomic mass is 28.3. The van der Waals surface area contributed by atoms with Gasteiger partial charge in [-0.25, -0.2) is 0 Å². The maximum absolute atomic E-state index is 5.40. The third-order valence-electron chi connectivity index (χ3n) is 2.93. The Labute approximate surface area is 113 Å². The third kappa shape index (κ3) is 5.17. The summed E-state index contributed by atoms with van der Waals surface area (Å²) in [4.78, 5) is 2.24. The van der Waals surface area contributed by atoms with E-state index in [1.165, 1.54) is 23.2 Å². The maximum Gasteiger partial charge on any atom is 0.117 e. The van der Waals surface area contributed by atoms with Crippen molar-refractivity contribution in [2.75, 3.05) is 34.0 Å². The molecule has 0 aliphatic carbocycles. The Balaban J connectivity index is 2.67. The van der Waals surface area contributed by atoms with Gasteiger partial charge in [0.05, 0.1) is 0 Å². The third-order valence-corrected chi connectivity index (χ3v) is 5.65. The van der Waals surface area contributed by atoms with Crippen LogP contribution in [-0.2, 0) is 4.74 Å². The van der Waals surface area contributed by atoms with Gasteiger partial charge < -0.3 is 9.64 Å². The second-order valence-electron chi connectivity index (χ2n) is 4.77. The van der Waals surface area contributed by atoms with Gasteiger partial charge in [0, 0.05) is 13.3 Å². The molecule has 0 aliphatic rings. The highest BCUT2D eigenvalue weighted by Crippen LogP contribution is 2.04. The molecule has 0 fully saturated rings. The summed E-state index contributed by atoms with van der Waals surface area (Å²) in [7, 11) is 5.45. The van der Waals surface area contributed by atoms with E-state index in [2.05, 4.69) is 49.8 Å². The van der Waals surface area contributed by atoms with E-state index in [0.717, 1.165) is 12.8 Å². The quantitative estimate of drug-likeness (QED) is 0.666. The minimum Gasteiger partial charge on any atom is -0.388 e. The monoisotopic (exact) mass is 262 g/mol. The number of rotatable bonds is 8. The van der Waals surface area contributed by atoms with E-state index >= 15 is 0 Å². The lowest BCUT2D eigenvalue weighted by Gasteiger charge is -2.16. The average Bonchev–Trinajstić information content (AvgIpc) is 2.37. The zero-order chi connectivity index (χ0) is 13.4. The highest BCUT2D eigenvalue weighted by molar-refractivity contribution is 6.73. The first kappa shape index (κ1) is 15.2. The Kier molecular flexibility index (Phi) is 6.94. The summed E-state index contributed by atoms with van der Waals surface area (Å²) in [6.45, 7) is 4.99. The molecule has 1 rings (SSSR count). The van der Waals surface area contributed by atoms with Gasteiger partial charge in [-0.15, -0.1) is 0 Å². The van der Waals surface area contributed by atoms with Crippen LogP contribution in [0.3, 0.4) is 0 Å². The molecule has 0 aromatic heterocycles. The van der Waals surface area contributed by atoms with Gasteiger partial charge in [0.2, 0.25) is 0 Å². The molecule has 0 unspecified atom stereocenters. The Morgan fingerprint density at radius 1 is 1.39 bits per heavy atom. The Morgan fingerprint density at radius 2 is 2.17 bits per heavy atom. The summed E-state index contributed by atoms with van der Waals surface area (Å²) in [5.74, 6) is 0. The maximum atomic E-state index is 5.40. The molecule has 0 spiro atoms. The molecular weight excluding hydrogens is 238 g/mol. The van der Waals surface area contributed by atoms with Crippen molar-refractivity contribution in [3.63, 3.8) is 0 Å². The normalized spacial score (nSPS) is 11.2. The molecule has 1 aromatic carbocycles. The van der Waals surface area contributed by atoms with Gasteiger partial charge in [0.25, 0.3) is 0 Å². The van der Waals surface area contributed by atoms with Crippen LogP contribution in [0.1, 0.15) is 12.0 Å². The minimum absolute atomic E-state index is 0.597. The second kappa shape index (κ2) is 8.24. The van der Waals surface area contributed by atoms with E-state index < -0.39 is 8.80 Å². The lowest BCUT2D eigenvalue weighted by Crippen LogP contribution is -2.35. The number of ether oxygens (including phenoxy) is 1. The van der Waals surface area contributed by atoms with Gasteiger partial charge in [-0.3, -0.25) is 0 Å². The van der Waals surface area contributed by atoms with Gasteiger partial charge in [-0.1, -0.05) is 48.2 Å². The van der Waals surface area contributed by atoms with Crippen molar-refractivity contribution in [2.45, 2.75) is 12.5 Å². The zero-order valence-corrected chi connectivity index (χ0v) is 12.8. The molecule has 0 bridgehead atoms. The topological polar surface area (TPSA) is 12.5 Å². The zero-order valence-electron chi connectivity index (χ0n) is 11.8. The molecule has 0 amide bonds. The van der Waals surface area contributed by atoms with Gasteiger partial charge in [-0.2, -0.15) is 0 Å². The molecule has 0 aliphatic heterocycles. The van der Waals surface area contributed by atoms with E-state index in [0.29, 0.717) is 0 Å². The molecule has 1 radical (unpaired) electrons. The van der Waals surface area contributed by atoms with Crippen LogP contribution in [0.25, 0.3) is 6.08 Å². The molecule has 2 nitrogen and oxygen atoms in total. The molecule has 0 saturated heterocycles. The SMILES string of the molecule is C=Cc1cccc([Si](CCCN(C)C)COC)c1. The predicted octanol–water partition coefficient (Wildman–Crippen LogP) is 2.17. The van der Waals surface area contributed by atoms with E-state index in [4.69, 9.17) is 4.74 Å². The first-order valence-corrected chi connectivity index (χ1v) is 8.30. The van der Waals surface area contributed by atoms with E-state index in [-0.39, 0.29) is 0 Å². The molecule has 99 valence electrons. The molecule has 0 heterocycles. The highest BCUT2D eigenvalue weighted by Gasteiger charge is 2.14. The van der Waals surface area contributed by atoms with Crippen LogP contribution >= 0.6 is 0 Å². The summed E-state index contributed by atoms with van der Waals surface area (Å²) < 4.78 is 5.40. The fourth-order valence-corrected chi connectivity index (χ4v) is 4.20. The fraction of sp³-hybridized carbons (Fsp3) is 0.467. The first-order valence-electron chi connectivity index (χ1n) is 6.38. The molecule has 0 N–H and O–H groups in total. The van der Waals surface area contributed by atoms with Crippen LogP contribution in [0.5, 0.6) is 0 Å². The van der Waals surface area contributed by atoms with Gasteiger partial charge in [0.1, 0.15) is 8.80 Å². The summed E-state index contributed by atoms with van der Waals surface area (Å²) in [6.07, 6.45) is 4.04. The Hall–Kier alpha value is -0.903. The number of nitrogens with zero attached hydrogens (tertiary/aromatic N) is 1. The second-order valence-corrected chi connectivity index (χ2v) is 7.35. The van der Waals surface area contributed by atoms with Crippen molar-refractivity contribution in [3.05, 3.63) is 36.4 Å². The van der Waals surface area contributed by atoms with Crippen LogP contribution in [0.4, 0.5) is 0 Å². The number of benzene rings is 1. The first-order chi connectivity index (χ1) is 8.67. The van der Waals surface area contributed by atoms with E-state index in [1.54, 1.807) is 7.11 Å². The summed E-state index contributed by atoms with van der Waals surface area (Å²) >= 11 is 0. The van der Waals surface area contributed by atoms with E-state index in [9.17, 15) is 0 Å². The van der Waals surface area contributed by atoms with Crippen molar-refractivity contribution >= 4 is 20.1 Å². The summed E-state index contributed by atoms with van der Waals surface area (Å²) in [5, 5.41) is 1.46. The molecular formula is C15H24NOSi. The summed E-state index contributed by atoms with van der Waals surface area (Å²) in [5.41, 5.74) is 1.21. The number of hydrogen-bond donors (Lipinski definition) is 0. The van der Waals surface area contributed by atoms with Crippen molar-refractivity contribution in [3.8, 4) is 0 Å². The fourth-order valence-electron chi connectivity index (χ4n) is 1.97. The Morgan fingerprint density at radius 3 is 2.78 bits per heavy atom.